The second-order valence-corrected chi connectivity index (χ2v) is 4.31. The van der Waals surface area contributed by atoms with Gasteiger partial charge in [0.25, 0.3) is 5.91 Å². The maximum absolute atomic E-state index is 11.3. The van der Waals surface area contributed by atoms with Gasteiger partial charge in [-0.2, -0.15) is 0 Å². The Bertz CT molecular complexity index is 388. The highest BCUT2D eigenvalue weighted by Gasteiger charge is 2.20. The summed E-state index contributed by atoms with van der Waals surface area (Å²) in [5.74, 6) is -0.433. The molecule has 0 aromatic carbocycles. The molecular weight excluding hydrogens is 258 g/mol. The van der Waals surface area contributed by atoms with Crippen LogP contribution in [0.15, 0.2) is 16.9 Å². The van der Waals surface area contributed by atoms with Gasteiger partial charge in [-0.3, -0.25) is 4.79 Å². The van der Waals surface area contributed by atoms with Crippen molar-refractivity contribution in [1.82, 2.24) is 4.98 Å². The van der Waals surface area contributed by atoms with Crippen LogP contribution < -0.4 is 10.6 Å². The van der Waals surface area contributed by atoms with Crippen LogP contribution >= 0.6 is 15.9 Å². The fourth-order valence-corrected chi connectivity index (χ4v) is 2.39. The fourth-order valence-electron chi connectivity index (χ4n) is 1.88. The van der Waals surface area contributed by atoms with E-state index >= 15 is 0 Å². The Morgan fingerprint density at radius 1 is 1.47 bits per heavy atom. The Labute approximate surface area is 96.6 Å². The van der Waals surface area contributed by atoms with Crippen LogP contribution in [0.1, 0.15) is 23.2 Å². The summed E-state index contributed by atoms with van der Waals surface area (Å²) < 4.78 is 0.527. The maximum Gasteiger partial charge on any atom is 0.253 e. The number of primary amides is 1. The van der Waals surface area contributed by atoms with Gasteiger partial charge in [-0.1, -0.05) is 0 Å². The molecule has 0 unspecified atom stereocenters. The molecule has 0 saturated carbocycles. The number of halogens is 1. The average Bonchev–Trinajstić information content (AvgIpc) is 2.69. The Kier molecular flexibility index (Phi) is 2.90. The van der Waals surface area contributed by atoms with Gasteiger partial charge in [0.1, 0.15) is 4.60 Å². The van der Waals surface area contributed by atoms with E-state index in [9.17, 15) is 4.79 Å². The van der Waals surface area contributed by atoms with E-state index in [0.29, 0.717) is 10.2 Å². The molecule has 1 aliphatic rings. The number of pyridine rings is 1. The number of carbonyl (C=O) groups excluding carboxylic acids is 1. The summed E-state index contributed by atoms with van der Waals surface area (Å²) in [5.41, 5.74) is 6.72. The van der Waals surface area contributed by atoms with Crippen LogP contribution in [0.4, 0.5) is 5.69 Å². The number of carbonyl (C=O) groups is 1. The summed E-state index contributed by atoms with van der Waals surface area (Å²) in [6, 6.07) is 1.84. The van der Waals surface area contributed by atoms with E-state index in [1.54, 1.807) is 6.20 Å². The van der Waals surface area contributed by atoms with E-state index in [-0.39, 0.29) is 0 Å². The third-order valence-corrected chi connectivity index (χ3v) is 3.18. The summed E-state index contributed by atoms with van der Waals surface area (Å²) in [6.45, 7) is 1.97. The van der Waals surface area contributed by atoms with Crippen LogP contribution in [0.25, 0.3) is 0 Å². The lowest BCUT2D eigenvalue weighted by atomic mass is 10.2. The first kappa shape index (κ1) is 10.4. The molecular formula is C10H12BrN3O. The molecule has 80 valence electrons. The minimum atomic E-state index is -0.433. The second-order valence-electron chi connectivity index (χ2n) is 3.55. The molecule has 2 rings (SSSR count). The van der Waals surface area contributed by atoms with Gasteiger partial charge < -0.3 is 10.6 Å². The number of hydrogen-bond acceptors (Lipinski definition) is 3. The van der Waals surface area contributed by atoms with Gasteiger partial charge in [-0.05, 0) is 34.8 Å². The molecule has 1 saturated heterocycles. The van der Waals surface area contributed by atoms with Gasteiger partial charge in [-0.25, -0.2) is 4.98 Å². The zero-order chi connectivity index (χ0) is 10.8. The normalized spacial score (nSPS) is 15.7. The minimum absolute atomic E-state index is 0.433. The molecule has 4 nitrogen and oxygen atoms in total. The van der Waals surface area contributed by atoms with Crippen molar-refractivity contribution < 1.29 is 4.79 Å². The number of aromatic nitrogens is 1. The zero-order valence-corrected chi connectivity index (χ0v) is 9.83. The molecule has 15 heavy (non-hydrogen) atoms. The van der Waals surface area contributed by atoms with Crippen molar-refractivity contribution in [3.63, 3.8) is 0 Å². The third-order valence-electron chi connectivity index (χ3n) is 2.58. The molecule has 0 bridgehead atoms. The maximum atomic E-state index is 11.3. The minimum Gasteiger partial charge on any atom is -0.371 e. The molecule has 1 aromatic heterocycles. The summed E-state index contributed by atoms with van der Waals surface area (Å²) in [4.78, 5) is 17.5. The van der Waals surface area contributed by atoms with Crippen LogP contribution in [-0.4, -0.2) is 24.0 Å². The van der Waals surface area contributed by atoms with Crippen molar-refractivity contribution in [2.75, 3.05) is 18.0 Å². The van der Waals surface area contributed by atoms with E-state index in [4.69, 9.17) is 5.73 Å². The van der Waals surface area contributed by atoms with Crippen LogP contribution in [0.5, 0.6) is 0 Å². The first-order chi connectivity index (χ1) is 7.20. The highest BCUT2D eigenvalue weighted by atomic mass is 79.9. The molecule has 1 aliphatic heterocycles. The number of nitrogens with two attached hydrogens (primary N) is 1. The standard InChI is InChI=1S/C10H12BrN3O/c11-9-8(10(12)15)7(3-4-13-9)14-5-1-2-6-14/h3-4H,1-2,5-6H2,(H2,12,15). The molecule has 0 radical (unpaired) electrons. The number of rotatable bonds is 2. The number of nitrogens with zero attached hydrogens (tertiary/aromatic N) is 2. The molecule has 1 aromatic rings. The lowest BCUT2D eigenvalue weighted by molar-refractivity contribution is 0.0999. The van der Waals surface area contributed by atoms with E-state index in [1.807, 2.05) is 6.07 Å². The van der Waals surface area contributed by atoms with Crippen molar-refractivity contribution in [2.24, 2.45) is 5.73 Å². The monoisotopic (exact) mass is 269 g/mol. The van der Waals surface area contributed by atoms with Gasteiger partial charge in [0.05, 0.1) is 11.3 Å². The predicted molar refractivity (Wildman–Crippen MR) is 61.9 cm³/mol. The van der Waals surface area contributed by atoms with Crippen LogP contribution in [0, 0.1) is 0 Å². The Morgan fingerprint density at radius 2 is 2.13 bits per heavy atom. The summed E-state index contributed by atoms with van der Waals surface area (Å²) in [7, 11) is 0. The highest BCUT2D eigenvalue weighted by Crippen LogP contribution is 2.28. The average molecular weight is 270 g/mol. The molecule has 0 spiro atoms. The third kappa shape index (κ3) is 1.97. The summed E-state index contributed by atoms with van der Waals surface area (Å²) in [5, 5.41) is 0. The number of amides is 1. The lowest BCUT2D eigenvalue weighted by Gasteiger charge is -2.20. The fraction of sp³-hybridized carbons (Fsp3) is 0.400. The predicted octanol–water partition coefficient (Wildman–Crippen LogP) is 1.54. The summed E-state index contributed by atoms with van der Waals surface area (Å²) >= 11 is 3.26. The molecule has 2 heterocycles. The largest absolute Gasteiger partial charge is 0.371 e. The topological polar surface area (TPSA) is 59.2 Å². The van der Waals surface area contributed by atoms with E-state index in [0.717, 1.165) is 31.6 Å². The molecule has 0 aliphatic carbocycles. The lowest BCUT2D eigenvalue weighted by Crippen LogP contribution is -2.23. The van der Waals surface area contributed by atoms with Gasteiger partial charge in [0.15, 0.2) is 0 Å². The van der Waals surface area contributed by atoms with Crippen molar-refractivity contribution in [3.8, 4) is 0 Å². The van der Waals surface area contributed by atoms with Crippen LogP contribution in [0.2, 0.25) is 0 Å². The van der Waals surface area contributed by atoms with Crippen LogP contribution in [0.3, 0.4) is 0 Å². The van der Waals surface area contributed by atoms with Crippen molar-refractivity contribution in [2.45, 2.75) is 12.8 Å². The van der Waals surface area contributed by atoms with Gasteiger partial charge in [-0.15, -0.1) is 0 Å². The first-order valence-electron chi connectivity index (χ1n) is 4.89. The number of hydrogen-bond donors (Lipinski definition) is 1. The van der Waals surface area contributed by atoms with Crippen molar-refractivity contribution in [1.29, 1.82) is 0 Å². The zero-order valence-electron chi connectivity index (χ0n) is 8.24. The van der Waals surface area contributed by atoms with E-state index in [2.05, 4.69) is 25.8 Å². The number of anilines is 1. The summed E-state index contributed by atoms with van der Waals surface area (Å²) in [6.07, 6.45) is 4.01. The molecule has 5 heteroatoms. The Hall–Kier alpha value is -1.10. The first-order valence-corrected chi connectivity index (χ1v) is 5.68. The molecule has 1 fully saturated rings. The quantitative estimate of drug-likeness (QED) is 0.829. The van der Waals surface area contributed by atoms with Crippen LogP contribution in [-0.2, 0) is 0 Å². The van der Waals surface area contributed by atoms with Crippen molar-refractivity contribution >= 4 is 27.5 Å². The SMILES string of the molecule is NC(=O)c1c(N2CCCC2)ccnc1Br. The Morgan fingerprint density at radius 3 is 2.73 bits per heavy atom. The van der Waals surface area contributed by atoms with Crippen molar-refractivity contribution in [3.05, 3.63) is 22.4 Å². The van der Waals surface area contributed by atoms with Gasteiger partial charge in [0.2, 0.25) is 0 Å². The van der Waals surface area contributed by atoms with Gasteiger partial charge >= 0.3 is 0 Å². The smallest absolute Gasteiger partial charge is 0.253 e. The van der Waals surface area contributed by atoms with Gasteiger partial charge in [0, 0.05) is 19.3 Å². The molecule has 2 N–H and O–H groups in total. The molecule has 1 amide bonds. The molecule has 0 atom stereocenters. The second kappa shape index (κ2) is 4.18. The van der Waals surface area contributed by atoms with E-state index in [1.165, 1.54) is 0 Å². The van der Waals surface area contributed by atoms with E-state index < -0.39 is 5.91 Å². The highest BCUT2D eigenvalue weighted by molar-refractivity contribution is 9.10. The Balaban J connectivity index is 2.45.